The Kier molecular flexibility index (Phi) is 5.38. The van der Waals surface area contributed by atoms with Crippen LogP contribution in [0.2, 0.25) is 0 Å². The molecule has 0 saturated carbocycles. The minimum atomic E-state index is -0.204. The summed E-state index contributed by atoms with van der Waals surface area (Å²) in [6.07, 6.45) is 8.56. The van der Waals surface area contributed by atoms with Crippen molar-refractivity contribution in [2.75, 3.05) is 7.11 Å². The topological polar surface area (TPSA) is 87.7 Å². The Morgan fingerprint density at radius 3 is 2.63 bits per heavy atom. The predicted molar refractivity (Wildman–Crippen MR) is 113 cm³/mol. The van der Waals surface area contributed by atoms with E-state index in [1.54, 1.807) is 42.6 Å². The molecular weight excluding hydrogens is 380 g/mol. The van der Waals surface area contributed by atoms with Crippen molar-refractivity contribution in [1.29, 1.82) is 0 Å². The number of aromatic nitrogens is 6. The van der Waals surface area contributed by atoms with Gasteiger partial charge in [-0.3, -0.25) is 9.48 Å². The molecule has 0 aliphatic rings. The van der Waals surface area contributed by atoms with E-state index in [1.165, 1.54) is 0 Å². The first-order valence-corrected chi connectivity index (χ1v) is 9.68. The molecule has 3 aromatic heterocycles. The van der Waals surface area contributed by atoms with Crippen LogP contribution in [0, 0.1) is 0 Å². The van der Waals surface area contributed by atoms with Gasteiger partial charge in [0.05, 0.1) is 31.9 Å². The van der Waals surface area contributed by atoms with Gasteiger partial charge >= 0.3 is 0 Å². The highest BCUT2D eigenvalue weighted by Crippen LogP contribution is 2.25. The van der Waals surface area contributed by atoms with Crippen LogP contribution in [-0.2, 0) is 6.54 Å². The summed E-state index contributed by atoms with van der Waals surface area (Å²) in [6, 6.07) is 9.37. The van der Waals surface area contributed by atoms with Crippen LogP contribution in [0.15, 0.2) is 66.1 Å². The Hall–Kier alpha value is -3.81. The third kappa shape index (κ3) is 3.84. The molecule has 1 unspecified atom stereocenters. The van der Waals surface area contributed by atoms with E-state index in [0.29, 0.717) is 17.3 Å². The Bertz CT molecular complexity index is 1210. The van der Waals surface area contributed by atoms with Gasteiger partial charge in [-0.2, -0.15) is 10.2 Å². The highest BCUT2D eigenvalue weighted by molar-refractivity contribution is 5.56. The normalized spacial score (nSPS) is 12.0. The van der Waals surface area contributed by atoms with Crippen molar-refractivity contribution >= 4 is 0 Å². The van der Waals surface area contributed by atoms with Gasteiger partial charge in [0.15, 0.2) is 11.6 Å². The van der Waals surface area contributed by atoms with Crippen molar-refractivity contribution in [3.63, 3.8) is 0 Å². The largest absolute Gasteiger partial charge is 0.494 e. The molecule has 152 valence electrons. The van der Waals surface area contributed by atoms with Gasteiger partial charge in [-0.1, -0.05) is 25.1 Å². The fraction of sp³-hybridized carbons (Fsp3) is 0.227. The Balaban J connectivity index is 1.68. The summed E-state index contributed by atoms with van der Waals surface area (Å²) in [5.41, 5.74) is 2.99. The molecule has 0 fully saturated rings. The molecule has 0 spiro atoms. The maximum absolute atomic E-state index is 12.6. The van der Waals surface area contributed by atoms with E-state index in [0.717, 1.165) is 23.4 Å². The molecule has 30 heavy (non-hydrogen) atoms. The molecule has 0 bridgehead atoms. The molecular formula is C22H22N6O2. The van der Waals surface area contributed by atoms with E-state index in [4.69, 9.17) is 4.74 Å². The molecule has 8 heteroatoms. The van der Waals surface area contributed by atoms with Crippen LogP contribution in [-0.4, -0.2) is 36.6 Å². The monoisotopic (exact) mass is 402 g/mol. The number of rotatable bonds is 6. The summed E-state index contributed by atoms with van der Waals surface area (Å²) in [5, 5.41) is 8.87. The minimum Gasteiger partial charge on any atom is -0.494 e. The fourth-order valence-corrected chi connectivity index (χ4v) is 3.19. The summed E-state index contributed by atoms with van der Waals surface area (Å²) < 4.78 is 8.62. The van der Waals surface area contributed by atoms with E-state index in [1.807, 2.05) is 49.0 Å². The van der Waals surface area contributed by atoms with Crippen LogP contribution >= 0.6 is 0 Å². The van der Waals surface area contributed by atoms with Crippen molar-refractivity contribution in [2.45, 2.75) is 26.3 Å². The number of hydrogen-bond donors (Lipinski definition) is 0. The molecule has 0 aliphatic heterocycles. The summed E-state index contributed by atoms with van der Waals surface area (Å²) in [5.74, 6) is 0.989. The van der Waals surface area contributed by atoms with Gasteiger partial charge in [-0.05, 0) is 18.6 Å². The number of benzene rings is 1. The number of ether oxygens (including phenoxy) is 1. The Labute approximate surface area is 173 Å². The van der Waals surface area contributed by atoms with Crippen LogP contribution < -0.4 is 10.2 Å². The lowest BCUT2D eigenvalue weighted by molar-refractivity contribution is 0.411. The highest BCUT2D eigenvalue weighted by atomic mass is 16.5. The van der Waals surface area contributed by atoms with Crippen LogP contribution in [0.3, 0.4) is 0 Å². The average Bonchev–Trinajstić information content (AvgIpc) is 3.28. The first-order chi connectivity index (χ1) is 14.6. The van der Waals surface area contributed by atoms with Gasteiger partial charge in [0.25, 0.3) is 0 Å². The maximum Gasteiger partial charge on any atom is 0.203 e. The highest BCUT2D eigenvalue weighted by Gasteiger charge is 2.16. The molecule has 0 N–H and O–H groups in total. The van der Waals surface area contributed by atoms with Crippen molar-refractivity contribution in [1.82, 2.24) is 29.5 Å². The molecule has 4 rings (SSSR count). The third-order valence-corrected chi connectivity index (χ3v) is 4.96. The van der Waals surface area contributed by atoms with Gasteiger partial charge in [-0.25, -0.2) is 14.6 Å². The average molecular weight is 402 g/mol. The van der Waals surface area contributed by atoms with Crippen LogP contribution in [0.5, 0.6) is 5.75 Å². The van der Waals surface area contributed by atoms with Crippen LogP contribution in [0.1, 0.15) is 31.0 Å². The first kappa shape index (κ1) is 19.5. The molecule has 3 heterocycles. The van der Waals surface area contributed by atoms with Gasteiger partial charge in [0.1, 0.15) is 11.4 Å². The fourth-order valence-electron chi connectivity index (χ4n) is 3.19. The molecule has 1 aromatic carbocycles. The molecule has 0 saturated heterocycles. The molecule has 0 radical (unpaired) electrons. The zero-order valence-corrected chi connectivity index (χ0v) is 17.1. The van der Waals surface area contributed by atoms with Gasteiger partial charge in [0, 0.05) is 30.3 Å². The number of aryl methyl sites for hydroxylation is 1. The van der Waals surface area contributed by atoms with E-state index < -0.39 is 0 Å². The minimum absolute atomic E-state index is 0.104. The third-order valence-electron chi connectivity index (χ3n) is 4.96. The van der Waals surface area contributed by atoms with E-state index in [9.17, 15) is 4.79 Å². The van der Waals surface area contributed by atoms with Gasteiger partial charge < -0.3 is 4.74 Å². The second-order valence-electron chi connectivity index (χ2n) is 6.86. The summed E-state index contributed by atoms with van der Waals surface area (Å²) in [6.45, 7) is 4.75. The van der Waals surface area contributed by atoms with E-state index in [-0.39, 0.29) is 11.3 Å². The number of nitrogens with zero attached hydrogens (tertiary/aromatic N) is 6. The van der Waals surface area contributed by atoms with Crippen molar-refractivity contribution in [3.8, 4) is 22.8 Å². The van der Waals surface area contributed by atoms with Gasteiger partial charge in [0.2, 0.25) is 5.43 Å². The predicted octanol–water partition coefficient (Wildman–Crippen LogP) is 3.07. The van der Waals surface area contributed by atoms with Crippen LogP contribution in [0.4, 0.5) is 0 Å². The smallest absolute Gasteiger partial charge is 0.203 e. The lowest BCUT2D eigenvalue weighted by atomic mass is 9.95. The molecule has 0 aliphatic carbocycles. The summed E-state index contributed by atoms with van der Waals surface area (Å²) >= 11 is 0. The number of hydrogen-bond acceptors (Lipinski definition) is 6. The zero-order chi connectivity index (χ0) is 21.1. The second-order valence-corrected chi connectivity index (χ2v) is 6.86. The SMILES string of the molecule is CCn1cc(-n2ccc(=O)c(C(C)c3cccc(-c4ncc(OC)cn4)c3)n2)cn1. The summed E-state index contributed by atoms with van der Waals surface area (Å²) in [4.78, 5) is 21.3. The lowest BCUT2D eigenvalue weighted by Crippen LogP contribution is -2.18. The molecule has 4 aromatic rings. The second kappa shape index (κ2) is 8.28. The van der Waals surface area contributed by atoms with Crippen molar-refractivity contribution in [3.05, 3.63) is 82.8 Å². The van der Waals surface area contributed by atoms with Crippen molar-refractivity contribution < 1.29 is 4.74 Å². The quantitative estimate of drug-likeness (QED) is 0.493. The van der Waals surface area contributed by atoms with E-state index >= 15 is 0 Å². The molecule has 8 nitrogen and oxygen atoms in total. The maximum atomic E-state index is 12.6. The first-order valence-electron chi connectivity index (χ1n) is 9.68. The lowest BCUT2D eigenvalue weighted by Gasteiger charge is -2.13. The zero-order valence-electron chi connectivity index (χ0n) is 17.1. The van der Waals surface area contributed by atoms with Gasteiger partial charge in [-0.15, -0.1) is 0 Å². The standard InChI is InChI=1S/C22H22N6O2/c1-4-27-14-18(11-25-27)28-9-8-20(29)21(26-28)15(2)16-6-5-7-17(10-16)22-23-12-19(30-3)13-24-22/h5-15H,4H2,1-3H3. The molecule has 1 atom stereocenters. The number of methoxy groups -OCH3 is 1. The van der Waals surface area contributed by atoms with Crippen molar-refractivity contribution in [2.24, 2.45) is 0 Å². The Morgan fingerprint density at radius 1 is 1.13 bits per heavy atom. The summed E-state index contributed by atoms with van der Waals surface area (Å²) in [7, 11) is 1.58. The van der Waals surface area contributed by atoms with E-state index in [2.05, 4.69) is 20.2 Å². The molecule has 0 amide bonds. The van der Waals surface area contributed by atoms with Crippen LogP contribution in [0.25, 0.3) is 17.1 Å². The Morgan fingerprint density at radius 2 is 1.93 bits per heavy atom.